The number of anilines is 1. The second-order valence-corrected chi connectivity index (χ2v) is 5.00. The van der Waals surface area contributed by atoms with Crippen molar-refractivity contribution in [2.45, 2.75) is 32.9 Å². The smallest absolute Gasteiger partial charge is 0.251 e. The van der Waals surface area contributed by atoms with E-state index < -0.39 is 6.04 Å². The number of halogens is 1. The van der Waals surface area contributed by atoms with Crippen molar-refractivity contribution >= 4 is 29.1 Å². The van der Waals surface area contributed by atoms with Gasteiger partial charge < -0.3 is 16.4 Å². The third-order valence-corrected chi connectivity index (χ3v) is 2.77. The third-order valence-electron chi connectivity index (χ3n) is 2.43. The van der Waals surface area contributed by atoms with Crippen LogP contribution in [0.1, 0.15) is 31.1 Å². The zero-order valence-electron chi connectivity index (χ0n) is 11.2. The lowest BCUT2D eigenvalue weighted by Gasteiger charge is -2.16. The Morgan fingerprint density at radius 1 is 1.21 bits per heavy atom. The maximum atomic E-state index is 11.9. The van der Waals surface area contributed by atoms with E-state index in [0.29, 0.717) is 16.3 Å². The monoisotopic (exact) mass is 283 g/mol. The normalized spacial score (nSPS) is 12.1. The molecular weight excluding hydrogens is 266 g/mol. The number of hydrogen-bond donors (Lipinski definition) is 3. The number of carbonyl (C=O) groups excluding carboxylic acids is 2. The van der Waals surface area contributed by atoms with Gasteiger partial charge in [0.2, 0.25) is 5.91 Å². The molecule has 0 heterocycles. The molecule has 2 amide bonds. The van der Waals surface area contributed by atoms with Crippen LogP contribution in [-0.2, 0) is 4.79 Å². The topological polar surface area (TPSA) is 84.2 Å². The Hall–Kier alpha value is -1.75. The van der Waals surface area contributed by atoms with Crippen LogP contribution < -0.4 is 16.4 Å². The minimum absolute atomic E-state index is 0.0260. The molecule has 1 unspecified atom stereocenters. The van der Waals surface area contributed by atoms with Crippen molar-refractivity contribution in [3.63, 3.8) is 0 Å². The molecular formula is C13H18ClN3O2. The van der Waals surface area contributed by atoms with E-state index in [1.54, 1.807) is 19.1 Å². The van der Waals surface area contributed by atoms with Gasteiger partial charge in [0.25, 0.3) is 5.91 Å². The van der Waals surface area contributed by atoms with Crippen LogP contribution in [0.4, 0.5) is 5.69 Å². The highest BCUT2D eigenvalue weighted by atomic mass is 35.5. The van der Waals surface area contributed by atoms with Crippen molar-refractivity contribution in [3.05, 3.63) is 28.8 Å². The Bertz CT molecular complexity index is 489. The number of amides is 2. The standard InChI is InChI=1S/C13H18ClN3O2/c1-7(2)16-12(18)8(3)17-13(19)9-4-5-10(14)11(15)6-9/h4-8H,15H2,1-3H3,(H,16,18)(H,17,19). The zero-order valence-corrected chi connectivity index (χ0v) is 11.9. The van der Waals surface area contributed by atoms with Crippen LogP contribution in [0.5, 0.6) is 0 Å². The van der Waals surface area contributed by atoms with Crippen molar-refractivity contribution in [1.29, 1.82) is 0 Å². The molecule has 0 saturated carbocycles. The highest BCUT2D eigenvalue weighted by molar-refractivity contribution is 6.33. The Morgan fingerprint density at radius 3 is 2.37 bits per heavy atom. The van der Waals surface area contributed by atoms with Crippen molar-refractivity contribution < 1.29 is 9.59 Å². The van der Waals surface area contributed by atoms with E-state index in [1.807, 2.05) is 13.8 Å². The molecule has 6 heteroatoms. The Morgan fingerprint density at radius 2 is 1.84 bits per heavy atom. The first-order valence-electron chi connectivity index (χ1n) is 5.97. The minimum Gasteiger partial charge on any atom is -0.398 e. The first kappa shape index (κ1) is 15.3. The summed E-state index contributed by atoms with van der Waals surface area (Å²) in [6.07, 6.45) is 0. The van der Waals surface area contributed by atoms with Gasteiger partial charge in [-0.25, -0.2) is 0 Å². The minimum atomic E-state index is -0.619. The van der Waals surface area contributed by atoms with Gasteiger partial charge in [0.05, 0.1) is 10.7 Å². The molecule has 0 aliphatic carbocycles. The molecule has 5 nitrogen and oxygen atoms in total. The van der Waals surface area contributed by atoms with Gasteiger partial charge in [0.1, 0.15) is 6.04 Å². The molecule has 4 N–H and O–H groups in total. The predicted molar refractivity (Wildman–Crippen MR) is 76.1 cm³/mol. The quantitative estimate of drug-likeness (QED) is 0.733. The number of benzene rings is 1. The highest BCUT2D eigenvalue weighted by Gasteiger charge is 2.17. The molecule has 1 aromatic rings. The lowest BCUT2D eigenvalue weighted by atomic mass is 10.1. The fourth-order valence-electron chi connectivity index (χ4n) is 1.44. The fraction of sp³-hybridized carbons (Fsp3) is 0.385. The Balaban J connectivity index is 2.68. The molecule has 104 valence electrons. The largest absolute Gasteiger partial charge is 0.398 e. The van der Waals surface area contributed by atoms with Crippen LogP contribution in [0.25, 0.3) is 0 Å². The molecule has 0 aromatic heterocycles. The summed E-state index contributed by atoms with van der Waals surface area (Å²) in [7, 11) is 0. The summed E-state index contributed by atoms with van der Waals surface area (Å²) in [6.45, 7) is 5.33. The average molecular weight is 284 g/mol. The molecule has 0 aliphatic heterocycles. The van der Waals surface area contributed by atoms with Gasteiger partial charge >= 0.3 is 0 Å². The fourth-order valence-corrected chi connectivity index (χ4v) is 1.56. The summed E-state index contributed by atoms with van der Waals surface area (Å²) in [5.74, 6) is -0.597. The van der Waals surface area contributed by atoms with Gasteiger partial charge in [-0.05, 0) is 39.0 Å². The first-order chi connectivity index (χ1) is 8.81. The van der Waals surface area contributed by atoms with E-state index >= 15 is 0 Å². The van der Waals surface area contributed by atoms with Gasteiger partial charge in [-0.1, -0.05) is 11.6 Å². The number of carbonyl (C=O) groups is 2. The zero-order chi connectivity index (χ0) is 14.6. The molecule has 19 heavy (non-hydrogen) atoms. The molecule has 0 aliphatic rings. The maximum absolute atomic E-state index is 11.9. The molecule has 0 saturated heterocycles. The molecule has 1 rings (SSSR count). The van der Waals surface area contributed by atoms with Crippen molar-refractivity contribution in [1.82, 2.24) is 10.6 Å². The van der Waals surface area contributed by atoms with Gasteiger partial charge in [-0.2, -0.15) is 0 Å². The molecule has 0 bridgehead atoms. The second kappa shape index (κ2) is 6.43. The van der Waals surface area contributed by atoms with Crippen LogP contribution in [0.15, 0.2) is 18.2 Å². The molecule has 0 radical (unpaired) electrons. The number of hydrogen-bond acceptors (Lipinski definition) is 3. The molecule has 0 fully saturated rings. The predicted octanol–water partition coefficient (Wildman–Crippen LogP) is 1.57. The van der Waals surface area contributed by atoms with E-state index in [-0.39, 0.29) is 17.9 Å². The highest BCUT2D eigenvalue weighted by Crippen LogP contribution is 2.19. The summed E-state index contributed by atoms with van der Waals surface area (Å²) in [6, 6.07) is 3.99. The van der Waals surface area contributed by atoms with Gasteiger partial charge in [-0.3, -0.25) is 9.59 Å². The third kappa shape index (κ3) is 4.44. The van der Waals surface area contributed by atoms with Crippen LogP contribution in [-0.4, -0.2) is 23.9 Å². The summed E-state index contributed by atoms with van der Waals surface area (Å²) < 4.78 is 0. The van der Waals surface area contributed by atoms with Crippen LogP contribution in [0.3, 0.4) is 0 Å². The van der Waals surface area contributed by atoms with Gasteiger partial charge in [0, 0.05) is 11.6 Å². The number of nitrogen functional groups attached to an aromatic ring is 1. The van der Waals surface area contributed by atoms with E-state index in [9.17, 15) is 9.59 Å². The van der Waals surface area contributed by atoms with Crippen LogP contribution in [0, 0.1) is 0 Å². The lowest BCUT2D eigenvalue weighted by molar-refractivity contribution is -0.123. The maximum Gasteiger partial charge on any atom is 0.251 e. The first-order valence-corrected chi connectivity index (χ1v) is 6.35. The van der Waals surface area contributed by atoms with E-state index in [2.05, 4.69) is 10.6 Å². The summed E-state index contributed by atoms with van der Waals surface area (Å²) in [5.41, 5.74) is 6.32. The SMILES string of the molecule is CC(C)NC(=O)C(C)NC(=O)c1ccc(Cl)c(N)c1. The van der Waals surface area contributed by atoms with Crippen LogP contribution in [0.2, 0.25) is 5.02 Å². The molecule has 1 aromatic carbocycles. The van der Waals surface area contributed by atoms with Crippen LogP contribution >= 0.6 is 11.6 Å². The molecule has 0 spiro atoms. The summed E-state index contributed by atoms with van der Waals surface area (Å²) in [4.78, 5) is 23.6. The molecule has 1 atom stereocenters. The van der Waals surface area contributed by atoms with E-state index in [4.69, 9.17) is 17.3 Å². The average Bonchev–Trinajstić information content (AvgIpc) is 2.31. The Kier molecular flexibility index (Phi) is 5.18. The lowest BCUT2D eigenvalue weighted by Crippen LogP contribution is -2.46. The van der Waals surface area contributed by atoms with Crippen molar-refractivity contribution in [3.8, 4) is 0 Å². The summed E-state index contributed by atoms with van der Waals surface area (Å²) >= 11 is 5.78. The van der Waals surface area contributed by atoms with Crippen molar-refractivity contribution in [2.75, 3.05) is 5.73 Å². The van der Waals surface area contributed by atoms with Gasteiger partial charge in [-0.15, -0.1) is 0 Å². The van der Waals surface area contributed by atoms with E-state index in [0.717, 1.165) is 0 Å². The summed E-state index contributed by atoms with van der Waals surface area (Å²) in [5, 5.41) is 5.71. The van der Waals surface area contributed by atoms with Crippen molar-refractivity contribution in [2.24, 2.45) is 0 Å². The van der Waals surface area contributed by atoms with Gasteiger partial charge in [0.15, 0.2) is 0 Å². The number of nitrogens with one attached hydrogen (secondary N) is 2. The number of rotatable bonds is 4. The Labute approximate surface area is 117 Å². The number of nitrogens with two attached hydrogens (primary N) is 1. The second-order valence-electron chi connectivity index (χ2n) is 4.59. The van der Waals surface area contributed by atoms with E-state index in [1.165, 1.54) is 6.07 Å².